The lowest BCUT2D eigenvalue weighted by Gasteiger charge is -2.32. The Hall–Kier alpha value is -5.23. The number of amides is 3. The second kappa shape index (κ2) is 13.6. The third-order valence-electron chi connectivity index (χ3n) is 8.76. The first-order valence-electron chi connectivity index (χ1n) is 16.0. The van der Waals surface area contributed by atoms with Crippen molar-refractivity contribution in [2.45, 2.75) is 52.2 Å². The Morgan fingerprint density at radius 1 is 0.957 bits per heavy atom. The number of nitrogens with one attached hydrogen (secondary N) is 2. The summed E-state index contributed by atoms with van der Waals surface area (Å²) in [6, 6.07) is 18.9. The Kier molecular flexibility index (Phi) is 9.21. The molecule has 5 aromatic rings. The predicted octanol–water partition coefficient (Wildman–Crippen LogP) is 4.36. The monoisotopic (exact) mass is 636 g/mol. The van der Waals surface area contributed by atoms with E-state index >= 15 is 0 Å². The van der Waals surface area contributed by atoms with Gasteiger partial charge in [0.25, 0.3) is 11.8 Å². The first-order chi connectivity index (χ1) is 22.7. The summed E-state index contributed by atoms with van der Waals surface area (Å²) >= 11 is 0. The van der Waals surface area contributed by atoms with E-state index < -0.39 is 5.91 Å². The van der Waals surface area contributed by atoms with Crippen LogP contribution in [0.15, 0.2) is 60.7 Å². The van der Waals surface area contributed by atoms with Gasteiger partial charge in [0.15, 0.2) is 0 Å². The summed E-state index contributed by atoms with van der Waals surface area (Å²) in [6.07, 6.45) is 2.50. The number of aryl methyl sites for hydroxylation is 3. The molecular formula is C35H40N8O4. The maximum Gasteiger partial charge on any atom is 0.276 e. The molecule has 3 heterocycles. The molecule has 1 fully saturated rings. The Morgan fingerprint density at radius 2 is 1.72 bits per heavy atom. The van der Waals surface area contributed by atoms with Crippen molar-refractivity contribution in [1.82, 2.24) is 29.5 Å². The first-order valence-corrected chi connectivity index (χ1v) is 16.0. The lowest BCUT2D eigenvalue weighted by atomic mass is 10.0. The molecule has 2 aromatic heterocycles. The quantitative estimate of drug-likeness (QED) is 0.195. The van der Waals surface area contributed by atoms with Crippen LogP contribution in [0.4, 0.5) is 5.95 Å². The molecule has 0 aliphatic carbocycles. The average Bonchev–Trinajstić information content (AvgIpc) is 3.64. The fraction of sp³-hybridized carbons (Fsp3) is 0.343. The fourth-order valence-corrected chi connectivity index (χ4v) is 6.33. The van der Waals surface area contributed by atoms with E-state index in [1.807, 2.05) is 60.9 Å². The highest BCUT2D eigenvalue weighted by atomic mass is 16.5. The normalized spacial score (nSPS) is 14.0. The van der Waals surface area contributed by atoms with E-state index in [9.17, 15) is 14.4 Å². The molecule has 12 heteroatoms. The van der Waals surface area contributed by atoms with Gasteiger partial charge in [0.1, 0.15) is 17.0 Å². The van der Waals surface area contributed by atoms with Gasteiger partial charge in [-0.15, -0.1) is 0 Å². The van der Waals surface area contributed by atoms with Crippen LogP contribution in [0.25, 0.3) is 21.8 Å². The van der Waals surface area contributed by atoms with E-state index in [-0.39, 0.29) is 23.4 Å². The zero-order valence-corrected chi connectivity index (χ0v) is 27.0. The molecule has 1 aliphatic heterocycles. The van der Waals surface area contributed by atoms with Crippen LogP contribution < -0.4 is 21.1 Å². The standard InChI is InChI=1S/C35H40N8O4/c1-4-43-29(18-22(2)40-43)34(46)39-35-38-28-20-26(32(36)44)21-30(47-3)31(28)42(35)15-7-14-41-16-12-27(13-17-41)37-33(45)25-11-10-23-8-5-6-9-24(23)19-25/h5-6,8-11,18-21,27H,4,7,12-17H2,1-3H3,(H2,36,44)(H,37,45)(H,38,39,46). The van der Waals surface area contributed by atoms with Crippen LogP contribution >= 0.6 is 0 Å². The molecule has 0 saturated carbocycles. The Balaban J connectivity index is 1.12. The number of benzene rings is 3. The van der Waals surface area contributed by atoms with E-state index in [2.05, 4.69) is 20.6 Å². The van der Waals surface area contributed by atoms with Gasteiger partial charge in [0.2, 0.25) is 11.9 Å². The maximum absolute atomic E-state index is 13.4. The van der Waals surface area contributed by atoms with Gasteiger partial charge in [0.05, 0.1) is 18.3 Å². The number of hydrogen-bond acceptors (Lipinski definition) is 7. The Labute approximate surface area is 272 Å². The van der Waals surface area contributed by atoms with Gasteiger partial charge in [-0.2, -0.15) is 5.10 Å². The molecule has 47 heavy (non-hydrogen) atoms. The van der Waals surface area contributed by atoms with Gasteiger partial charge in [-0.1, -0.05) is 30.3 Å². The summed E-state index contributed by atoms with van der Waals surface area (Å²) in [6.45, 7) is 7.41. The van der Waals surface area contributed by atoms with E-state index in [0.717, 1.165) is 55.4 Å². The van der Waals surface area contributed by atoms with Crippen molar-refractivity contribution in [2.75, 3.05) is 32.1 Å². The third kappa shape index (κ3) is 6.82. The number of carbonyl (C=O) groups is 3. The van der Waals surface area contributed by atoms with E-state index in [4.69, 9.17) is 15.5 Å². The number of primary amides is 1. The molecule has 1 saturated heterocycles. The van der Waals surface area contributed by atoms with Crippen molar-refractivity contribution < 1.29 is 19.1 Å². The first kappa shape index (κ1) is 31.7. The summed E-state index contributed by atoms with van der Waals surface area (Å²) in [5.74, 6) is -0.167. The molecule has 0 radical (unpaired) electrons. The van der Waals surface area contributed by atoms with Gasteiger partial charge in [-0.3, -0.25) is 24.4 Å². The summed E-state index contributed by atoms with van der Waals surface area (Å²) < 4.78 is 9.23. The fourth-order valence-electron chi connectivity index (χ4n) is 6.33. The van der Waals surface area contributed by atoms with E-state index in [1.165, 1.54) is 7.11 Å². The van der Waals surface area contributed by atoms with E-state index in [0.29, 0.717) is 47.1 Å². The number of likely N-dealkylation sites (tertiary alicyclic amines) is 1. The van der Waals surface area contributed by atoms with Gasteiger partial charge in [-0.25, -0.2) is 4.98 Å². The number of rotatable bonds is 11. The molecule has 0 unspecified atom stereocenters. The zero-order valence-electron chi connectivity index (χ0n) is 27.0. The minimum Gasteiger partial charge on any atom is -0.494 e. The van der Waals surface area contributed by atoms with Crippen LogP contribution in [-0.2, 0) is 13.1 Å². The number of anilines is 1. The van der Waals surface area contributed by atoms with Gasteiger partial charge in [0, 0.05) is 43.3 Å². The highest BCUT2D eigenvalue weighted by molar-refractivity contribution is 6.04. The largest absolute Gasteiger partial charge is 0.494 e. The zero-order chi connectivity index (χ0) is 33.1. The number of methoxy groups -OCH3 is 1. The number of aromatic nitrogens is 4. The van der Waals surface area contributed by atoms with Crippen LogP contribution in [0.5, 0.6) is 5.75 Å². The number of fused-ring (bicyclic) bond motifs is 2. The number of piperidine rings is 1. The Bertz CT molecular complexity index is 1950. The van der Waals surface area contributed by atoms with Crippen molar-refractivity contribution in [2.24, 2.45) is 5.73 Å². The second-order valence-electron chi connectivity index (χ2n) is 11.9. The smallest absolute Gasteiger partial charge is 0.276 e. The molecular weight excluding hydrogens is 596 g/mol. The molecule has 0 atom stereocenters. The predicted molar refractivity (Wildman–Crippen MR) is 181 cm³/mol. The Morgan fingerprint density at radius 3 is 2.45 bits per heavy atom. The number of nitrogens with zero attached hydrogens (tertiary/aromatic N) is 5. The van der Waals surface area contributed by atoms with Gasteiger partial charge in [-0.05, 0) is 80.8 Å². The number of carbonyl (C=O) groups excluding carboxylic acids is 3. The minimum absolute atomic E-state index is 0.0404. The highest BCUT2D eigenvalue weighted by Gasteiger charge is 2.24. The molecule has 1 aliphatic rings. The van der Waals surface area contributed by atoms with Crippen molar-refractivity contribution in [3.8, 4) is 5.75 Å². The number of nitrogens with two attached hydrogens (primary N) is 1. The molecule has 3 aromatic carbocycles. The SMILES string of the molecule is CCn1nc(C)cc1C(=O)Nc1nc2cc(C(N)=O)cc(OC)c2n1CCCN1CCC(NC(=O)c2ccc3ccccc3c2)CC1. The van der Waals surface area contributed by atoms with Crippen molar-refractivity contribution in [1.29, 1.82) is 0 Å². The van der Waals surface area contributed by atoms with Crippen LogP contribution in [0.1, 0.15) is 63.1 Å². The molecule has 6 rings (SSSR count). The van der Waals surface area contributed by atoms with Gasteiger partial charge < -0.3 is 25.3 Å². The lowest BCUT2D eigenvalue weighted by molar-refractivity contribution is 0.0909. The topological polar surface area (TPSA) is 149 Å². The van der Waals surface area contributed by atoms with E-state index in [1.54, 1.807) is 22.9 Å². The number of ether oxygens (including phenoxy) is 1. The molecule has 244 valence electrons. The van der Waals surface area contributed by atoms with Crippen molar-refractivity contribution >= 4 is 45.5 Å². The molecule has 12 nitrogen and oxygen atoms in total. The maximum atomic E-state index is 13.4. The van der Waals surface area contributed by atoms with Crippen LogP contribution in [0, 0.1) is 6.92 Å². The summed E-state index contributed by atoms with van der Waals surface area (Å²) in [4.78, 5) is 45.5. The van der Waals surface area contributed by atoms with Crippen LogP contribution in [-0.4, -0.2) is 74.7 Å². The summed E-state index contributed by atoms with van der Waals surface area (Å²) in [5.41, 5.74) is 8.87. The minimum atomic E-state index is -0.593. The average molecular weight is 637 g/mol. The van der Waals surface area contributed by atoms with Crippen LogP contribution in [0.2, 0.25) is 0 Å². The molecule has 4 N–H and O–H groups in total. The second-order valence-corrected chi connectivity index (χ2v) is 11.9. The van der Waals surface area contributed by atoms with Gasteiger partial charge >= 0.3 is 0 Å². The number of imidazole rings is 1. The van der Waals surface area contributed by atoms with Crippen molar-refractivity contribution in [3.63, 3.8) is 0 Å². The number of hydrogen-bond donors (Lipinski definition) is 3. The summed E-state index contributed by atoms with van der Waals surface area (Å²) in [5, 5.41) is 12.7. The molecule has 0 bridgehead atoms. The molecule has 0 spiro atoms. The highest BCUT2D eigenvalue weighted by Crippen LogP contribution is 2.31. The third-order valence-corrected chi connectivity index (χ3v) is 8.76. The van der Waals surface area contributed by atoms with Crippen LogP contribution in [0.3, 0.4) is 0 Å². The van der Waals surface area contributed by atoms with Crippen molar-refractivity contribution in [3.05, 3.63) is 83.2 Å². The summed E-state index contributed by atoms with van der Waals surface area (Å²) in [7, 11) is 1.53. The lowest BCUT2D eigenvalue weighted by Crippen LogP contribution is -2.45. The molecule has 3 amide bonds.